The summed E-state index contributed by atoms with van der Waals surface area (Å²) in [6.45, 7) is 6.16. The van der Waals surface area contributed by atoms with Crippen molar-refractivity contribution in [1.29, 1.82) is 0 Å². The Labute approximate surface area is 222 Å². The van der Waals surface area contributed by atoms with Crippen molar-refractivity contribution in [1.82, 2.24) is 24.5 Å². The van der Waals surface area contributed by atoms with E-state index >= 15 is 0 Å². The van der Waals surface area contributed by atoms with Crippen LogP contribution in [-0.2, 0) is 12.2 Å². The van der Waals surface area contributed by atoms with Gasteiger partial charge in [-0.05, 0) is 39.3 Å². The van der Waals surface area contributed by atoms with Crippen LogP contribution in [0.3, 0.4) is 0 Å². The molecule has 4 heterocycles. The largest absolute Gasteiger partial charge is 0.485 e. The van der Waals surface area contributed by atoms with E-state index < -0.39 is 22.8 Å². The lowest BCUT2D eigenvalue weighted by Crippen LogP contribution is -2.23. The minimum Gasteiger partial charge on any atom is -0.485 e. The Morgan fingerprint density at radius 2 is 1.84 bits per heavy atom. The summed E-state index contributed by atoms with van der Waals surface area (Å²) in [7, 11) is 0. The molecule has 0 aliphatic carbocycles. The van der Waals surface area contributed by atoms with Crippen LogP contribution in [0.4, 0.5) is 8.78 Å². The fourth-order valence-corrected chi connectivity index (χ4v) is 3.79. The molecular weight excluding hydrogens is 516 g/mol. The van der Waals surface area contributed by atoms with Crippen molar-refractivity contribution in [2.24, 2.45) is 0 Å². The molecule has 0 aromatic carbocycles. The lowest BCUT2D eigenvalue weighted by Gasteiger charge is -2.18. The highest BCUT2D eigenvalue weighted by molar-refractivity contribution is 6.31. The summed E-state index contributed by atoms with van der Waals surface area (Å²) >= 11 is 6.35. The second-order valence-electron chi connectivity index (χ2n) is 9.00. The van der Waals surface area contributed by atoms with Crippen molar-refractivity contribution in [3.8, 4) is 35.2 Å². The van der Waals surface area contributed by atoms with E-state index in [1.54, 1.807) is 32.2 Å². The molecule has 4 rings (SSSR count). The zero-order chi connectivity index (χ0) is 27.8. The van der Waals surface area contributed by atoms with E-state index in [-0.39, 0.29) is 34.6 Å². The van der Waals surface area contributed by atoms with Crippen molar-refractivity contribution in [3.05, 3.63) is 92.1 Å². The third kappa shape index (κ3) is 5.39. The Kier molecular flexibility index (Phi) is 7.26. The standard InChI is InChI=1S/C27H22ClF2N5O3/c1-6-17-9-20(34-26(33-17)27(4,5)37)19-10-22(14(2)11-31-19)35-15(3)7-23(24(28)25(35)36)38-13-21-18(30)8-16(29)12-32-21/h1,7-12,37H,13H2,2-5H3. The van der Waals surface area contributed by atoms with Crippen LogP contribution in [-0.4, -0.2) is 29.6 Å². The van der Waals surface area contributed by atoms with Crippen LogP contribution in [0.15, 0.2) is 41.5 Å². The number of aliphatic hydroxyl groups is 1. The van der Waals surface area contributed by atoms with Gasteiger partial charge in [0, 0.05) is 30.1 Å². The second-order valence-corrected chi connectivity index (χ2v) is 9.37. The lowest BCUT2D eigenvalue weighted by atomic mass is 10.1. The molecule has 0 bridgehead atoms. The first-order valence-corrected chi connectivity index (χ1v) is 11.7. The molecule has 0 fully saturated rings. The summed E-state index contributed by atoms with van der Waals surface area (Å²) < 4.78 is 34.0. The number of ether oxygens (including phenoxy) is 1. The Morgan fingerprint density at radius 1 is 1.11 bits per heavy atom. The van der Waals surface area contributed by atoms with E-state index in [0.29, 0.717) is 34.4 Å². The summed E-state index contributed by atoms with van der Waals surface area (Å²) in [5, 5.41) is 10.2. The molecule has 0 amide bonds. The number of hydrogen-bond donors (Lipinski definition) is 1. The van der Waals surface area contributed by atoms with Gasteiger partial charge in [-0.3, -0.25) is 19.3 Å². The molecule has 194 valence electrons. The first-order valence-electron chi connectivity index (χ1n) is 11.3. The molecule has 0 unspecified atom stereocenters. The fraction of sp³-hybridized carbons (Fsp3) is 0.222. The number of halogens is 3. The number of aromatic nitrogens is 5. The van der Waals surface area contributed by atoms with Gasteiger partial charge in [-0.25, -0.2) is 18.7 Å². The Hall–Kier alpha value is -4.20. The molecule has 0 aliphatic rings. The fourth-order valence-electron chi connectivity index (χ4n) is 3.60. The number of rotatable bonds is 6. The van der Waals surface area contributed by atoms with E-state index in [1.165, 1.54) is 24.5 Å². The minimum absolute atomic E-state index is 0.0205. The van der Waals surface area contributed by atoms with Gasteiger partial charge in [0.25, 0.3) is 5.56 Å². The first-order chi connectivity index (χ1) is 17.9. The van der Waals surface area contributed by atoms with Crippen LogP contribution in [0.5, 0.6) is 5.75 Å². The molecule has 4 aromatic heterocycles. The van der Waals surface area contributed by atoms with Gasteiger partial charge in [0.1, 0.15) is 40.2 Å². The van der Waals surface area contributed by atoms with Gasteiger partial charge in [-0.2, -0.15) is 0 Å². The maximum Gasteiger partial charge on any atom is 0.277 e. The third-order valence-corrected chi connectivity index (χ3v) is 5.90. The van der Waals surface area contributed by atoms with Crippen molar-refractivity contribution >= 4 is 11.6 Å². The van der Waals surface area contributed by atoms with E-state index in [4.69, 9.17) is 22.8 Å². The predicted octanol–water partition coefficient (Wildman–Crippen LogP) is 4.42. The van der Waals surface area contributed by atoms with Gasteiger partial charge in [-0.1, -0.05) is 17.5 Å². The van der Waals surface area contributed by atoms with Crippen LogP contribution in [0.2, 0.25) is 5.02 Å². The number of pyridine rings is 3. The van der Waals surface area contributed by atoms with Gasteiger partial charge in [0.05, 0.1) is 23.3 Å². The van der Waals surface area contributed by atoms with Crippen molar-refractivity contribution < 1.29 is 18.6 Å². The van der Waals surface area contributed by atoms with E-state index in [9.17, 15) is 18.7 Å². The van der Waals surface area contributed by atoms with Gasteiger partial charge < -0.3 is 9.84 Å². The van der Waals surface area contributed by atoms with Crippen LogP contribution >= 0.6 is 11.6 Å². The second kappa shape index (κ2) is 10.3. The molecular formula is C27H22ClF2N5O3. The van der Waals surface area contributed by atoms with Gasteiger partial charge in [-0.15, -0.1) is 6.42 Å². The van der Waals surface area contributed by atoms with Crippen LogP contribution in [0.25, 0.3) is 17.1 Å². The van der Waals surface area contributed by atoms with E-state index in [2.05, 4.69) is 25.9 Å². The topological polar surface area (TPSA) is 103 Å². The third-order valence-electron chi connectivity index (χ3n) is 5.55. The predicted molar refractivity (Wildman–Crippen MR) is 137 cm³/mol. The highest BCUT2D eigenvalue weighted by Gasteiger charge is 2.23. The summed E-state index contributed by atoms with van der Waals surface area (Å²) in [4.78, 5) is 30.0. The van der Waals surface area contributed by atoms with E-state index in [1.807, 2.05) is 0 Å². The van der Waals surface area contributed by atoms with E-state index in [0.717, 1.165) is 6.20 Å². The number of terminal acetylenes is 1. The quantitative estimate of drug-likeness (QED) is 0.363. The summed E-state index contributed by atoms with van der Waals surface area (Å²) in [5.74, 6) is 0.894. The highest BCUT2D eigenvalue weighted by atomic mass is 35.5. The monoisotopic (exact) mass is 537 g/mol. The SMILES string of the molecule is C#Cc1cc(-c2cc(-n3c(C)cc(OCc4ncc(F)cc4F)c(Cl)c3=O)c(C)cn2)nc(C(C)(C)O)n1. The summed E-state index contributed by atoms with van der Waals surface area (Å²) in [5.41, 5.74) is 0.537. The van der Waals surface area contributed by atoms with Crippen molar-refractivity contribution in [2.45, 2.75) is 39.9 Å². The molecule has 1 N–H and O–H groups in total. The Bertz CT molecular complexity index is 1660. The smallest absolute Gasteiger partial charge is 0.277 e. The molecule has 38 heavy (non-hydrogen) atoms. The van der Waals surface area contributed by atoms with Gasteiger partial charge in [0.15, 0.2) is 11.6 Å². The summed E-state index contributed by atoms with van der Waals surface area (Å²) in [6.07, 6.45) is 7.98. The number of nitrogens with zero attached hydrogens (tertiary/aromatic N) is 5. The van der Waals surface area contributed by atoms with Gasteiger partial charge in [0.2, 0.25) is 0 Å². The average molecular weight is 538 g/mol. The highest BCUT2D eigenvalue weighted by Crippen LogP contribution is 2.28. The molecule has 0 radical (unpaired) electrons. The maximum atomic E-state index is 13.9. The lowest BCUT2D eigenvalue weighted by molar-refractivity contribution is 0.0687. The summed E-state index contributed by atoms with van der Waals surface area (Å²) in [6, 6.07) is 5.42. The normalized spacial score (nSPS) is 11.3. The van der Waals surface area contributed by atoms with Crippen molar-refractivity contribution in [3.63, 3.8) is 0 Å². The Morgan fingerprint density at radius 3 is 2.50 bits per heavy atom. The average Bonchev–Trinajstić information content (AvgIpc) is 2.86. The molecule has 0 saturated heterocycles. The minimum atomic E-state index is -1.35. The van der Waals surface area contributed by atoms with Gasteiger partial charge >= 0.3 is 0 Å². The van der Waals surface area contributed by atoms with Crippen LogP contribution < -0.4 is 10.3 Å². The Balaban J connectivity index is 1.76. The molecule has 0 atom stereocenters. The number of hydrogen-bond acceptors (Lipinski definition) is 7. The molecule has 11 heteroatoms. The molecule has 0 spiro atoms. The molecule has 0 saturated carbocycles. The zero-order valence-corrected chi connectivity index (χ0v) is 21.6. The molecule has 8 nitrogen and oxygen atoms in total. The number of aryl methyl sites for hydroxylation is 2. The first kappa shape index (κ1) is 26.9. The molecule has 4 aromatic rings. The molecule has 0 aliphatic heterocycles. The van der Waals surface area contributed by atoms with Crippen LogP contribution in [0, 0.1) is 37.8 Å². The maximum absolute atomic E-state index is 13.9. The zero-order valence-electron chi connectivity index (χ0n) is 20.9. The van der Waals surface area contributed by atoms with Crippen LogP contribution in [0.1, 0.15) is 42.3 Å². The van der Waals surface area contributed by atoms with Crippen molar-refractivity contribution in [2.75, 3.05) is 0 Å².